The summed E-state index contributed by atoms with van der Waals surface area (Å²) in [6.07, 6.45) is 0.891. The van der Waals surface area contributed by atoms with E-state index in [1.54, 1.807) is 36.4 Å². The molecule has 9 nitrogen and oxygen atoms in total. The molecule has 4 aromatic rings. The van der Waals surface area contributed by atoms with E-state index in [-0.39, 0.29) is 41.4 Å². The number of aromatic nitrogens is 3. The molecule has 36 heavy (non-hydrogen) atoms. The van der Waals surface area contributed by atoms with Gasteiger partial charge in [0.2, 0.25) is 5.91 Å². The first kappa shape index (κ1) is 25.1. The Morgan fingerprint density at radius 1 is 1.17 bits per heavy atom. The molecule has 11 heteroatoms. The first-order valence-corrected chi connectivity index (χ1v) is 11.4. The van der Waals surface area contributed by atoms with E-state index in [2.05, 4.69) is 20.7 Å². The zero-order valence-electron chi connectivity index (χ0n) is 19.5. The number of hydrogen-bond acceptors (Lipinski definition) is 6. The van der Waals surface area contributed by atoms with Gasteiger partial charge in [-0.15, -0.1) is 0 Å². The summed E-state index contributed by atoms with van der Waals surface area (Å²) in [6.45, 7) is 1.46. The molecule has 2 aromatic carbocycles. The third-order valence-corrected chi connectivity index (χ3v) is 5.66. The Morgan fingerprint density at radius 3 is 2.61 bits per heavy atom. The number of amides is 2. The van der Waals surface area contributed by atoms with E-state index in [0.717, 1.165) is 0 Å². The van der Waals surface area contributed by atoms with Crippen LogP contribution in [0, 0.1) is 5.82 Å². The van der Waals surface area contributed by atoms with E-state index in [0.29, 0.717) is 22.1 Å². The van der Waals surface area contributed by atoms with Gasteiger partial charge in [0.1, 0.15) is 17.1 Å². The van der Waals surface area contributed by atoms with E-state index in [4.69, 9.17) is 16.3 Å². The molecule has 0 saturated carbocycles. The number of nitrogens with zero attached hydrogens (tertiary/aromatic N) is 3. The summed E-state index contributed by atoms with van der Waals surface area (Å²) in [5.41, 5.74) is 1.17. The van der Waals surface area contributed by atoms with Gasteiger partial charge in [-0.3, -0.25) is 9.59 Å². The fraction of sp³-hybridized carbons (Fsp3) is 0.200. The smallest absolute Gasteiger partial charge is 0.258 e. The average molecular weight is 512 g/mol. The minimum atomic E-state index is -0.825. The summed E-state index contributed by atoms with van der Waals surface area (Å²) in [4.78, 5) is 28.4. The predicted octanol–water partition coefficient (Wildman–Crippen LogP) is 4.01. The molecule has 0 spiro atoms. The van der Waals surface area contributed by atoms with Crippen LogP contribution >= 0.6 is 11.6 Å². The summed E-state index contributed by atoms with van der Waals surface area (Å²) < 4.78 is 22.2. The van der Waals surface area contributed by atoms with E-state index in [1.807, 2.05) is 0 Å². The van der Waals surface area contributed by atoms with Crippen LogP contribution in [-0.2, 0) is 4.79 Å². The maximum atomic E-state index is 15.6. The predicted molar refractivity (Wildman–Crippen MR) is 133 cm³/mol. The number of aliphatic hydroxyl groups excluding tert-OH is 1. The molecule has 0 fully saturated rings. The lowest BCUT2D eigenvalue weighted by atomic mass is 10.0. The van der Waals surface area contributed by atoms with Crippen molar-refractivity contribution in [1.29, 1.82) is 0 Å². The number of halogens is 2. The fourth-order valence-corrected chi connectivity index (χ4v) is 3.79. The molecule has 0 bridgehead atoms. The van der Waals surface area contributed by atoms with Gasteiger partial charge < -0.3 is 20.5 Å². The monoisotopic (exact) mass is 511 g/mol. The number of anilines is 1. The van der Waals surface area contributed by atoms with Crippen molar-refractivity contribution in [1.82, 2.24) is 19.9 Å². The van der Waals surface area contributed by atoms with Crippen LogP contribution < -0.4 is 15.4 Å². The minimum Gasteiger partial charge on any atom is -0.496 e. The maximum absolute atomic E-state index is 15.6. The van der Waals surface area contributed by atoms with Gasteiger partial charge in [0.05, 0.1) is 25.1 Å². The molecule has 1 unspecified atom stereocenters. The normalized spacial score (nSPS) is 11.8. The molecule has 0 aliphatic carbocycles. The number of aliphatic hydroxyl groups is 1. The standard InChI is InChI=1S/C25H23ClFN5O4/c1-14(33)29-21-13-32-22(30-21)10-8-18(31-32)17-7-9-20(36-2)23(24(17)27)25(35)28-12-11-19(34)15-3-5-16(26)6-4-15/h3-10,13,19,34H,11-12H2,1-2H3,(H,28,35)(H,29,33). The summed E-state index contributed by atoms with van der Waals surface area (Å²) in [5, 5.41) is 20.5. The summed E-state index contributed by atoms with van der Waals surface area (Å²) >= 11 is 5.87. The van der Waals surface area contributed by atoms with Crippen molar-refractivity contribution in [2.45, 2.75) is 19.4 Å². The number of ether oxygens (including phenoxy) is 1. The van der Waals surface area contributed by atoms with E-state index >= 15 is 4.39 Å². The van der Waals surface area contributed by atoms with Crippen LogP contribution in [0.1, 0.15) is 35.4 Å². The zero-order valence-corrected chi connectivity index (χ0v) is 20.2. The number of carbonyl (C=O) groups is 2. The van der Waals surface area contributed by atoms with Gasteiger partial charge in [0, 0.05) is 24.1 Å². The second-order valence-electron chi connectivity index (χ2n) is 7.94. The molecule has 0 aliphatic rings. The summed E-state index contributed by atoms with van der Waals surface area (Å²) in [7, 11) is 1.34. The number of rotatable bonds is 8. The Kier molecular flexibility index (Phi) is 7.47. The Labute approximate surface area is 210 Å². The molecule has 1 atom stereocenters. The second kappa shape index (κ2) is 10.7. The van der Waals surface area contributed by atoms with Crippen LogP contribution in [0.25, 0.3) is 16.9 Å². The van der Waals surface area contributed by atoms with Gasteiger partial charge in [-0.1, -0.05) is 23.7 Å². The lowest BCUT2D eigenvalue weighted by Gasteiger charge is -2.15. The Bertz CT molecular complexity index is 1420. The Hall–Kier alpha value is -4.02. The highest BCUT2D eigenvalue weighted by Crippen LogP contribution is 2.30. The van der Waals surface area contributed by atoms with Crippen LogP contribution in [0.4, 0.5) is 10.2 Å². The zero-order chi connectivity index (χ0) is 25.8. The third-order valence-electron chi connectivity index (χ3n) is 5.41. The first-order valence-electron chi connectivity index (χ1n) is 11.0. The van der Waals surface area contributed by atoms with Gasteiger partial charge in [-0.2, -0.15) is 5.10 Å². The molecular weight excluding hydrogens is 489 g/mol. The van der Waals surface area contributed by atoms with Crippen LogP contribution in [0.2, 0.25) is 5.02 Å². The van der Waals surface area contributed by atoms with Gasteiger partial charge in [0.25, 0.3) is 5.91 Å². The quantitative estimate of drug-likeness (QED) is 0.329. The summed E-state index contributed by atoms with van der Waals surface area (Å²) in [5.74, 6) is -1.41. The lowest BCUT2D eigenvalue weighted by molar-refractivity contribution is -0.114. The molecule has 186 valence electrons. The maximum Gasteiger partial charge on any atom is 0.258 e. The van der Waals surface area contributed by atoms with Gasteiger partial charge in [0.15, 0.2) is 11.5 Å². The number of methoxy groups -OCH3 is 1. The van der Waals surface area contributed by atoms with Crippen LogP contribution in [0.3, 0.4) is 0 Å². The van der Waals surface area contributed by atoms with E-state index in [9.17, 15) is 14.7 Å². The van der Waals surface area contributed by atoms with Crippen molar-refractivity contribution in [3.05, 3.63) is 76.7 Å². The first-order chi connectivity index (χ1) is 17.3. The van der Waals surface area contributed by atoms with Crippen LogP contribution in [0.5, 0.6) is 5.75 Å². The number of benzene rings is 2. The van der Waals surface area contributed by atoms with E-state index in [1.165, 1.54) is 36.9 Å². The molecule has 0 saturated heterocycles. The molecule has 2 heterocycles. The van der Waals surface area contributed by atoms with Crippen LogP contribution in [-0.4, -0.2) is 45.2 Å². The largest absolute Gasteiger partial charge is 0.496 e. The molecule has 3 N–H and O–H groups in total. The van der Waals surface area contributed by atoms with Gasteiger partial charge in [-0.25, -0.2) is 13.9 Å². The highest BCUT2D eigenvalue weighted by atomic mass is 35.5. The Morgan fingerprint density at radius 2 is 1.92 bits per heavy atom. The van der Waals surface area contributed by atoms with Crippen molar-refractivity contribution in [3.63, 3.8) is 0 Å². The minimum absolute atomic E-state index is 0.0589. The molecule has 0 aliphatic heterocycles. The number of fused-ring (bicyclic) bond motifs is 1. The highest BCUT2D eigenvalue weighted by Gasteiger charge is 2.23. The molecule has 0 radical (unpaired) electrons. The second-order valence-corrected chi connectivity index (χ2v) is 8.38. The number of nitrogens with one attached hydrogen (secondary N) is 2. The van der Waals surface area contributed by atoms with Crippen molar-refractivity contribution in [3.8, 4) is 17.0 Å². The third kappa shape index (κ3) is 5.45. The van der Waals surface area contributed by atoms with Crippen molar-refractivity contribution >= 4 is 34.9 Å². The van der Waals surface area contributed by atoms with Crippen molar-refractivity contribution in [2.24, 2.45) is 0 Å². The highest BCUT2D eigenvalue weighted by molar-refractivity contribution is 6.30. The average Bonchev–Trinajstić information content (AvgIpc) is 3.24. The van der Waals surface area contributed by atoms with Crippen molar-refractivity contribution in [2.75, 3.05) is 19.0 Å². The SMILES string of the molecule is COc1ccc(-c2ccc3nc(NC(C)=O)cn3n2)c(F)c1C(=O)NCCC(O)c1ccc(Cl)cc1. The van der Waals surface area contributed by atoms with Gasteiger partial charge in [-0.05, 0) is 48.4 Å². The molecular formula is C25H23ClFN5O4. The summed E-state index contributed by atoms with van der Waals surface area (Å²) in [6, 6.07) is 12.9. The van der Waals surface area contributed by atoms with E-state index < -0.39 is 17.8 Å². The fourth-order valence-electron chi connectivity index (χ4n) is 3.67. The van der Waals surface area contributed by atoms with Crippen LogP contribution in [0.15, 0.2) is 54.7 Å². The molecule has 2 amide bonds. The lowest BCUT2D eigenvalue weighted by Crippen LogP contribution is -2.27. The van der Waals surface area contributed by atoms with Gasteiger partial charge >= 0.3 is 0 Å². The number of carbonyl (C=O) groups excluding carboxylic acids is 2. The van der Waals surface area contributed by atoms with Crippen molar-refractivity contribution < 1.29 is 23.8 Å². The molecule has 2 aromatic heterocycles. The Balaban J connectivity index is 1.54. The topological polar surface area (TPSA) is 118 Å². The molecule has 4 rings (SSSR count). The number of imidazole rings is 1. The number of hydrogen-bond donors (Lipinski definition) is 3.